The Labute approximate surface area is 108 Å². The third-order valence-electron chi connectivity index (χ3n) is 3.26. The summed E-state index contributed by atoms with van der Waals surface area (Å²) in [6.07, 6.45) is 0. The summed E-state index contributed by atoms with van der Waals surface area (Å²) in [5, 5.41) is 9.23. The third-order valence-corrected chi connectivity index (χ3v) is 3.26. The summed E-state index contributed by atoms with van der Waals surface area (Å²) >= 11 is 0. The van der Waals surface area contributed by atoms with Crippen LogP contribution in [0.15, 0.2) is 18.2 Å². The van der Waals surface area contributed by atoms with Crippen LogP contribution in [0, 0.1) is 11.3 Å². The number of methoxy groups -OCH3 is 1. The van der Waals surface area contributed by atoms with Gasteiger partial charge in [0.25, 0.3) is 0 Å². The molecular formula is C14H18N2O2. The monoisotopic (exact) mass is 246 g/mol. The van der Waals surface area contributed by atoms with E-state index in [0.717, 1.165) is 18.0 Å². The predicted octanol–water partition coefficient (Wildman–Crippen LogP) is 2.18. The molecule has 1 saturated heterocycles. The zero-order valence-electron chi connectivity index (χ0n) is 11.1. The largest absolute Gasteiger partial charge is 0.497 e. The van der Waals surface area contributed by atoms with Gasteiger partial charge in [0.2, 0.25) is 0 Å². The second-order valence-electron chi connectivity index (χ2n) is 5.01. The average molecular weight is 246 g/mol. The Kier molecular flexibility index (Phi) is 3.44. The minimum Gasteiger partial charge on any atom is -0.497 e. The molecule has 18 heavy (non-hydrogen) atoms. The zero-order valence-corrected chi connectivity index (χ0v) is 11.1. The van der Waals surface area contributed by atoms with Crippen molar-refractivity contribution in [1.82, 2.24) is 0 Å². The molecule has 0 aromatic heterocycles. The van der Waals surface area contributed by atoms with E-state index in [1.807, 2.05) is 12.1 Å². The average Bonchev–Trinajstić information content (AvgIpc) is 2.37. The number of hydrogen-bond donors (Lipinski definition) is 0. The second kappa shape index (κ2) is 4.87. The number of hydrogen-bond acceptors (Lipinski definition) is 4. The molecule has 96 valence electrons. The molecular weight excluding hydrogens is 228 g/mol. The fraction of sp³-hybridized carbons (Fsp3) is 0.500. The SMILES string of the molecule is COc1ccc(C#N)c(N2CCOCC2(C)C)c1. The Morgan fingerprint density at radius 1 is 1.44 bits per heavy atom. The van der Waals surface area contributed by atoms with Crippen LogP contribution < -0.4 is 9.64 Å². The summed E-state index contributed by atoms with van der Waals surface area (Å²) in [6, 6.07) is 7.79. The molecule has 0 aliphatic carbocycles. The number of nitrogens with zero attached hydrogens (tertiary/aromatic N) is 2. The highest BCUT2D eigenvalue weighted by Crippen LogP contribution is 2.32. The minimum atomic E-state index is -0.115. The number of nitriles is 1. The number of anilines is 1. The lowest BCUT2D eigenvalue weighted by Crippen LogP contribution is -2.53. The van der Waals surface area contributed by atoms with Crippen molar-refractivity contribution in [3.05, 3.63) is 23.8 Å². The molecule has 2 rings (SSSR count). The highest BCUT2D eigenvalue weighted by atomic mass is 16.5. The molecule has 0 saturated carbocycles. The zero-order chi connectivity index (χ0) is 13.2. The van der Waals surface area contributed by atoms with Crippen molar-refractivity contribution in [2.75, 3.05) is 31.8 Å². The van der Waals surface area contributed by atoms with Gasteiger partial charge >= 0.3 is 0 Å². The second-order valence-corrected chi connectivity index (χ2v) is 5.01. The maximum atomic E-state index is 9.23. The van der Waals surface area contributed by atoms with Gasteiger partial charge in [-0.2, -0.15) is 5.26 Å². The van der Waals surface area contributed by atoms with Crippen molar-refractivity contribution in [3.8, 4) is 11.8 Å². The van der Waals surface area contributed by atoms with Crippen LogP contribution in [0.1, 0.15) is 19.4 Å². The molecule has 1 aliphatic rings. The van der Waals surface area contributed by atoms with Crippen molar-refractivity contribution in [2.24, 2.45) is 0 Å². The Morgan fingerprint density at radius 3 is 2.83 bits per heavy atom. The van der Waals surface area contributed by atoms with Gasteiger partial charge in [0.15, 0.2) is 0 Å². The molecule has 0 bridgehead atoms. The Hall–Kier alpha value is -1.73. The van der Waals surface area contributed by atoms with Crippen LogP contribution in [0.25, 0.3) is 0 Å². The lowest BCUT2D eigenvalue weighted by molar-refractivity contribution is 0.0643. The van der Waals surface area contributed by atoms with Crippen LogP contribution in [0.5, 0.6) is 5.75 Å². The molecule has 0 N–H and O–H groups in total. The Bertz CT molecular complexity index is 477. The molecule has 1 fully saturated rings. The van der Waals surface area contributed by atoms with Gasteiger partial charge in [-0.3, -0.25) is 0 Å². The highest BCUT2D eigenvalue weighted by Gasteiger charge is 2.32. The van der Waals surface area contributed by atoms with Crippen molar-refractivity contribution in [2.45, 2.75) is 19.4 Å². The van der Waals surface area contributed by atoms with E-state index in [1.165, 1.54) is 0 Å². The van der Waals surface area contributed by atoms with Crippen LogP contribution in [0.4, 0.5) is 5.69 Å². The first-order chi connectivity index (χ1) is 8.58. The first-order valence-corrected chi connectivity index (χ1v) is 6.02. The first-order valence-electron chi connectivity index (χ1n) is 6.02. The van der Waals surface area contributed by atoms with E-state index in [2.05, 4.69) is 24.8 Å². The molecule has 1 aliphatic heterocycles. The normalized spacial score (nSPS) is 18.2. The van der Waals surface area contributed by atoms with E-state index in [1.54, 1.807) is 13.2 Å². The summed E-state index contributed by atoms with van der Waals surface area (Å²) in [4.78, 5) is 2.22. The summed E-state index contributed by atoms with van der Waals surface area (Å²) in [5.41, 5.74) is 1.48. The van der Waals surface area contributed by atoms with E-state index in [4.69, 9.17) is 9.47 Å². The fourth-order valence-electron chi connectivity index (χ4n) is 2.26. The topological polar surface area (TPSA) is 45.5 Å². The molecule has 4 heteroatoms. The van der Waals surface area contributed by atoms with Crippen molar-refractivity contribution in [3.63, 3.8) is 0 Å². The molecule has 4 nitrogen and oxygen atoms in total. The molecule has 1 heterocycles. The number of morpholine rings is 1. The smallest absolute Gasteiger partial charge is 0.121 e. The minimum absolute atomic E-state index is 0.115. The lowest BCUT2D eigenvalue weighted by Gasteiger charge is -2.44. The number of ether oxygens (including phenoxy) is 2. The fourth-order valence-corrected chi connectivity index (χ4v) is 2.26. The van der Waals surface area contributed by atoms with Gasteiger partial charge in [-0.1, -0.05) is 0 Å². The lowest BCUT2D eigenvalue weighted by atomic mass is 9.99. The molecule has 0 spiro atoms. The number of benzene rings is 1. The van der Waals surface area contributed by atoms with Crippen LogP contribution in [-0.2, 0) is 4.74 Å². The molecule has 0 amide bonds. The molecule has 0 unspecified atom stereocenters. The Balaban J connectivity index is 2.45. The number of rotatable bonds is 2. The van der Waals surface area contributed by atoms with Crippen molar-refractivity contribution in [1.29, 1.82) is 5.26 Å². The standard InChI is InChI=1S/C14H18N2O2/c1-14(2)10-18-7-6-16(14)13-8-12(17-3)5-4-11(13)9-15/h4-5,8H,6-7,10H2,1-3H3. The molecule has 0 atom stereocenters. The third kappa shape index (κ3) is 2.27. The Morgan fingerprint density at radius 2 is 2.22 bits per heavy atom. The van der Waals surface area contributed by atoms with E-state index in [-0.39, 0.29) is 5.54 Å². The summed E-state index contributed by atoms with van der Waals surface area (Å²) in [6.45, 7) is 6.37. The molecule has 1 aromatic carbocycles. The van der Waals surface area contributed by atoms with Gasteiger partial charge in [0, 0.05) is 12.6 Å². The molecule has 0 radical (unpaired) electrons. The summed E-state index contributed by atoms with van der Waals surface area (Å²) < 4.78 is 10.8. The van der Waals surface area contributed by atoms with Crippen LogP contribution in [-0.4, -0.2) is 32.4 Å². The maximum Gasteiger partial charge on any atom is 0.121 e. The van der Waals surface area contributed by atoms with E-state index >= 15 is 0 Å². The highest BCUT2D eigenvalue weighted by molar-refractivity contribution is 5.63. The summed E-state index contributed by atoms with van der Waals surface area (Å²) in [5.74, 6) is 0.770. The van der Waals surface area contributed by atoms with E-state index in [9.17, 15) is 5.26 Å². The van der Waals surface area contributed by atoms with Gasteiger partial charge in [0.05, 0.1) is 37.1 Å². The first kappa shape index (κ1) is 12.7. The van der Waals surface area contributed by atoms with Gasteiger partial charge in [0.1, 0.15) is 11.8 Å². The van der Waals surface area contributed by atoms with Crippen molar-refractivity contribution < 1.29 is 9.47 Å². The maximum absolute atomic E-state index is 9.23. The van der Waals surface area contributed by atoms with Crippen molar-refractivity contribution >= 4 is 5.69 Å². The predicted molar refractivity (Wildman–Crippen MR) is 70.0 cm³/mol. The van der Waals surface area contributed by atoms with E-state index < -0.39 is 0 Å². The molecule has 1 aromatic rings. The van der Waals surface area contributed by atoms with Crippen LogP contribution in [0.2, 0.25) is 0 Å². The summed E-state index contributed by atoms with van der Waals surface area (Å²) in [7, 11) is 1.63. The van der Waals surface area contributed by atoms with Gasteiger partial charge in [-0.15, -0.1) is 0 Å². The van der Waals surface area contributed by atoms with Crippen LogP contribution in [0.3, 0.4) is 0 Å². The van der Waals surface area contributed by atoms with Gasteiger partial charge in [-0.25, -0.2) is 0 Å². The quantitative estimate of drug-likeness (QED) is 0.802. The van der Waals surface area contributed by atoms with Gasteiger partial charge < -0.3 is 14.4 Å². The van der Waals surface area contributed by atoms with Crippen LogP contribution >= 0.6 is 0 Å². The van der Waals surface area contributed by atoms with Gasteiger partial charge in [-0.05, 0) is 26.0 Å². The van der Waals surface area contributed by atoms with E-state index in [0.29, 0.717) is 18.8 Å².